The van der Waals surface area contributed by atoms with Crippen molar-refractivity contribution in [3.8, 4) is 11.4 Å². The summed E-state index contributed by atoms with van der Waals surface area (Å²) in [5.74, 6) is -0.500. The number of aromatic nitrogens is 4. The topological polar surface area (TPSA) is 72.7 Å². The maximum Gasteiger partial charge on any atom is 0.251 e. The van der Waals surface area contributed by atoms with Gasteiger partial charge < -0.3 is 5.32 Å². The molecule has 26 heavy (non-hydrogen) atoms. The van der Waals surface area contributed by atoms with Crippen LogP contribution in [0.5, 0.6) is 0 Å². The van der Waals surface area contributed by atoms with Crippen molar-refractivity contribution < 1.29 is 9.18 Å². The molecule has 0 bridgehead atoms. The molecule has 8 heteroatoms. The van der Waals surface area contributed by atoms with Crippen molar-refractivity contribution in [2.24, 2.45) is 5.92 Å². The minimum absolute atomic E-state index is 0.105. The lowest BCUT2D eigenvalue weighted by Crippen LogP contribution is -2.31. The fraction of sp³-hybridized carbons (Fsp3) is 0.222. The number of halogens is 2. The summed E-state index contributed by atoms with van der Waals surface area (Å²) in [7, 11) is 0. The number of tetrazole rings is 1. The summed E-state index contributed by atoms with van der Waals surface area (Å²) in [5, 5.41) is 15.2. The molecule has 1 atom stereocenters. The lowest BCUT2D eigenvalue weighted by atomic mass is 10.0. The summed E-state index contributed by atoms with van der Waals surface area (Å²) in [6, 6.07) is 12.5. The first-order chi connectivity index (χ1) is 12.5. The quantitative estimate of drug-likeness (QED) is 0.734. The summed E-state index contributed by atoms with van der Waals surface area (Å²) >= 11 is 5.98. The van der Waals surface area contributed by atoms with Gasteiger partial charge in [-0.3, -0.25) is 4.79 Å². The molecule has 1 amide bonds. The predicted molar refractivity (Wildman–Crippen MR) is 97.2 cm³/mol. The van der Waals surface area contributed by atoms with E-state index >= 15 is 0 Å². The lowest BCUT2D eigenvalue weighted by Gasteiger charge is -2.19. The van der Waals surface area contributed by atoms with Gasteiger partial charge in [0.25, 0.3) is 5.91 Å². The SMILES string of the molecule is CC(C)C(C(=O)Nc1ccc(F)cc1Cl)n1nnc(-c2ccccc2)n1. The van der Waals surface area contributed by atoms with Crippen molar-refractivity contribution in [3.05, 3.63) is 59.4 Å². The van der Waals surface area contributed by atoms with E-state index in [4.69, 9.17) is 11.6 Å². The Balaban J connectivity index is 1.85. The van der Waals surface area contributed by atoms with Crippen molar-refractivity contribution in [3.63, 3.8) is 0 Å². The molecule has 1 aromatic heterocycles. The highest BCUT2D eigenvalue weighted by molar-refractivity contribution is 6.33. The molecule has 0 fully saturated rings. The van der Waals surface area contributed by atoms with Gasteiger partial charge in [0.2, 0.25) is 5.82 Å². The summed E-state index contributed by atoms with van der Waals surface area (Å²) in [6.07, 6.45) is 0. The number of carbonyl (C=O) groups is 1. The zero-order valence-electron chi connectivity index (χ0n) is 14.2. The number of hydrogen-bond acceptors (Lipinski definition) is 4. The second-order valence-electron chi connectivity index (χ2n) is 6.10. The molecule has 0 saturated carbocycles. The number of nitrogens with one attached hydrogen (secondary N) is 1. The largest absolute Gasteiger partial charge is 0.323 e. The zero-order chi connectivity index (χ0) is 18.7. The van der Waals surface area contributed by atoms with Crippen LogP contribution in [0.1, 0.15) is 19.9 Å². The third-order valence-electron chi connectivity index (χ3n) is 3.80. The van der Waals surface area contributed by atoms with Crippen molar-refractivity contribution in [2.45, 2.75) is 19.9 Å². The summed E-state index contributed by atoms with van der Waals surface area (Å²) in [5.41, 5.74) is 1.13. The maximum atomic E-state index is 13.2. The van der Waals surface area contributed by atoms with E-state index in [2.05, 4.69) is 20.7 Å². The van der Waals surface area contributed by atoms with Gasteiger partial charge in [-0.15, -0.1) is 10.2 Å². The minimum Gasteiger partial charge on any atom is -0.323 e. The van der Waals surface area contributed by atoms with Gasteiger partial charge in [0, 0.05) is 5.56 Å². The average molecular weight is 374 g/mol. The van der Waals surface area contributed by atoms with Crippen LogP contribution in [0.2, 0.25) is 5.02 Å². The maximum absolute atomic E-state index is 13.2. The van der Waals surface area contributed by atoms with Crippen LogP contribution < -0.4 is 5.32 Å². The van der Waals surface area contributed by atoms with Gasteiger partial charge in [0.05, 0.1) is 10.7 Å². The van der Waals surface area contributed by atoms with Crippen LogP contribution in [0.25, 0.3) is 11.4 Å². The molecule has 1 unspecified atom stereocenters. The van der Waals surface area contributed by atoms with E-state index in [0.29, 0.717) is 11.5 Å². The Kier molecular flexibility index (Phi) is 5.27. The summed E-state index contributed by atoms with van der Waals surface area (Å²) < 4.78 is 13.2. The molecule has 0 aliphatic rings. The molecule has 3 rings (SSSR count). The number of benzene rings is 2. The number of rotatable bonds is 5. The Morgan fingerprint density at radius 3 is 2.58 bits per heavy atom. The molecular weight excluding hydrogens is 357 g/mol. The highest BCUT2D eigenvalue weighted by Gasteiger charge is 2.27. The van der Waals surface area contributed by atoms with E-state index < -0.39 is 11.9 Å². The molecule has 0 aliphatic carbocycles. The molecule has 0 saturated heterocycles. The van der Waals surface area contributed by atoms with Crippen molar-refractivity contribution in [2.75, 3.05) is 5.32 Å². The van der Waals surface area contributed by atoms with Gasteiger partial charge in [-0.2, -0.15) is 4.80 Å². The minimum atomic E-state index is -0.693. The molecule has 1 heterocycles. The number of nitrogens with zero attached hydrogens (tertiary/aromatic N) is 4. The molecule has 1 N–H and O–H groups in total. The molecule has 6 nitrogen and oxygen atoms in total. The van der Waals surface area contributed by atoms with Crippen LogP contribution in [0.3, 0.4) is 0 Å². The number of amides is 1. The average Bonchev–Trinajstić information content (AvgIpc) is 3.07. The van der Waals surface area contributed by atoms with Gasteiger partial charge in [-0.25, -0.2) is 4.39 Å². The molecule has 3 aromatic rings. The Morgan fingerprint density at radius 1 is 1.19 bits per heavy atom. The Labute approximate surface area is 155 Å². The molecule has 0 aliphatic heterocycles. The number of anilines is 1. The molecule has 0 radical (unpaired) electrons. The van der Waals surface area contributed by atoms with Gasteiger partial charge in [0.15, 0.2) is 6.04 Å². The Morgan fingerprint density at radius 2 is 1.92 bits per heavy atom. The smallest absolute Gasteiger partial charge is 0.251 e. The van der Waals surface area contributed by atoms with E-state index in [1.807, 2.05) is 44.2 Å². The van der Waals surface area contributed by atoms with Crippen LogP contribution in [-0.4, -0.2) is 26.1 Å². The van der Waals surface area contributed by atoms with Crippen molar-refractivity contribution in [1.82, 2.24) is 20.2 Å². The van der Waals surface area contributed by atoms with Crippen LogP contribution in [0.15, 0.2) is 48.5 Å². The first kappa shape index (κ1) is 18.0. The zero-order valence-corrected chi connectivity index (χ0v) is 15.0. The van der Waals surface area contributed by atoms with E-state index in [9.17, 15) is 9.18 Å². The normalized spacial score (nSPS) is 12.2. The van der Waals surface area contributed by atoms with Crippen LogP contribution in [0, 0.1) is 11.7 Å². The summed E-state index contributed by atoms with van der Waals surface area (Å²) in [6.45, 7) is 3.75. The number of carbonyl (C=O) groups excluding carboxylic acids is 1. The van der Waals surface area contributed by atoms with Crippen LogP contribution in [-0.2, 0) is 4.79 Å². The summed E-state index contributed by atoms with van der Waals surface area (Å²) in [4.78, 5) is 14.0. The fourth-order valence-corrected chi connectivity index (χ4v) is 2.73. The van der Waals surface area contributed by atoms with Crippen LogP contribution in [0.4, 0.5) is 10.1 Å². The highest BCUT2D eigenvalue weighted by Crippen LogP contribution is 2.25. The molecule has 2 aromatic carbocycles. The first-order valence-electron chi connectivity index (χ1n) is 8.06. The molecule has 0 spiro atoms. The predicted octanol–water partition coefficient (Wildman–Crippen LogP) is 3.97. The van der Waals surface area contributed by atoms with E-state index in [1.54, 1.807) is 0 Å². The van der Waals surface area contributed by atoms with Crippen LogP contribution >= 0.6 is 11.6 Å². The van der Waals surface area contributed by atoms with Gasteiger partial charge in [0.1, 0.15) is 5.82 Å². The Hall–Kier alpha value is -2.80. The van der Waals surface area contributed by atoms with E-state index in [-0.39, 0.29) is 16.8 Å². The third-order valence-corrected chi connectivity index (χ3v) is 4.11. The van der Waals surface area contributed by atoms with Crippen molar-refractivity contribution in [1.29, 1.82) is 0 Å². The molecular formula is C18H17ClFN5O. The van der Waals surface area contributed by atoms with E-state index in [0.717, 1.165) is 11.6 Å². The molecule has 134 valence electrons. The monoisotopic (exact) mass is 373 g/mol. The first-order valence-corrected chi connectivity index (χ1v) is 8.44. The van der Waals surface area contributed by atoms with Crippen molar-refractivity contribution >= 4 is 23.2 Å². The van der Waals surface area contributed by atoms with Gasteiger partial charge in [-0.1, -0.05) is 55.8 Å². The van der Waals surface area contributed by atoms with Gasteiger partial charge in [-0.05, 0) is 29.3 Å². The fourth-order valence-electron chi connectivity index (χ4n) is 2.52. The lowest BCUT2D eigenvalue weighted by molar-refractivity contribution is -0.121. The van der Waals surface area contributed by atoms with Gasteiger partial charge >= 0.3 is 0 Å². The standard InChI is InChI=1S/C18H17ClFN5O/c1-11(2)16(18(26)21-15-9-8-13(20)10-14(15)19)25-23-17(22-24-25)12-6-4-3-5-7-12/h3-11,16H,1-2H3,(H,21,26). The number of hydrogen-bond donors (Lipinski definition) is 1. The third kappa shape index (κ3) is 3.88. The second kappa shape index (κ2) is 7.61. The highest BCUT2D eigenvalue weighted by atomic mass is 35.5. The Bertz CT molecular complexity index is 913. The second-order valence-corrected chi connectivity index (χ2v) is 6.51. The van der Waals surface area contributed by atoms with E-state index in [1.165, 1.54) is 16.9 Å².